The lowest BCUT2D eigenvalue weighted by atomic mass is 9.82. The van der Waals surface area contributed by atoms with E-state index in [0.717, 1.165) is 4.88 Å². The summed E-state index contributed by atoms with van der Waals surface area (Å²) in [5.41, 5.74) is 11.4. The lowest BCUT2D eigenvalue weighted by molar-refractivity contribution is -0.120. The van der Waals surface area contributed by atoms with E-state index in [1.54, 1.807) is 0 Å². The Bertz CT molecular complexity index is 570. The number of nitrogens with two attached hydrogens (primary N) is 2. The first-order chi connectivity index (χ1) is 8.56. The molecular weight excluding hydrogens is 268 g/mol. The number of carbonyl (C=O) groups is 1. The fourth-order valence-corrected chi connectivity index (χ4v) is 3.20. The number of allylic oxidation sites excluding steroid dienone is 1. The van der Waals surface area contributed by atoms with Crippen molar-refractivity contribution < 1.29 is 4.79 Å². The fraction of sp³-hybridized carbons (Fsp3) is 0.182. The van der Waals surface area contributed by atoms with Gasteiger partial charge >= 0.3 is 0 Å². The number of nitrogens with one attached hydrogen (secondary N) is 1. The number of carbonyl (C=O) groups excluding carboxylic acids is 1. The Hall–Kier alpha value is -1.91. The molecule has 0 aliphatic carbocycles. The van der Waals surface area contributed by atoms with Gasteiger partial charge in [0.15, 0.2) is 0 Å². The Labute approximate surface area is 113 Å². The molecule has 5 N–H and O–H groups in total. The van der Waals surface area contributed by atoms with Crippen LogP contribution in [0.5, 0.6) is 0 Å². The molecule has 0 aromatic carbocycles. The van der Waals surface area contributed by atoms with Crippen molar-refractivity contribution in [1.82, 2.24) is 5.32 Å². The Morgan fingerprint density at radius 3 is 2.83 bits per heavy atom. The Balaban J connectivity index is 2.59. The number of primary amides is 1. The third-order valence-corrected chi connectivity index (χ3v) is 4.06. The summed E-state index contributed by atoms with van der Waals surface area (Å²) in [7, 11) is 0. The molecule has 1 aliphatic rings. The second kappa shape index (κ2) is 4.76. The monoisotopic (exact) mass is 278 g/mol. The minimum atomic E-state index is -0.736. The van der Waals surface area contributed by atoms with Crippen LogP contribution in [0.25, 0.3) is 0 Å². The topological polar surface area (TPSA) is 105 Å². The van der Waals surface area contributed by atoms with E-state index in [9.17, 15) is 10.1 Å². The van der Waals surface area contributed by atoms with Crippen LogP contribution in [0.4, 0.5) is 0 Å². The minimum absolute atomic E-state index is 0.193. The summed E-state index contributed by atoms with van der Waals surface area (Å²) >= 11 is 6.54. The highest BCUT2D eigenvalue weighted by molar-refractivity contribution is 7.80. The molecule has 0 spiro atoms. The summed E-state index contributed by atoms with van der Waals surface area (Å²) in [5, 5.41) is 13.7. The number of hydrogen-bond acceptors (Lipinski definition) is 5. The van der Waals surface area contributed by atoms with Gasteiger partial charge in [-0.15, -0.1) is 11.3 Å². The predicted molar refractivity (Wildman–Crippen MR) is 72.3 cm³/mol. The maximum atomic E-state index is 11.6. The molecule has 0 unspecified atom stereocenters. The smallest absolute Gasteiger partial charge is 0.228 e. The van der Waals surface area contributed by atoms with Crippen molar-refractivity contribution in [2.75, 3.05) is 0 Å². The molecule has 2 heterocycles. The van der Waals surface area contributed by atoms with E-state index in [4.69, 9.17) is 23.7 Å². The van der Waals surface area contributed by atoms with Crippen molar-refractivity contribution >= 4 is 34.5 Å². The first-order valence-corrected chi connectivity index (χ1v) is 6.38. The number of rotatable bonds is 2. The highest BCUT2D eigenvalue weighted by Gasteiger charge is 2.40. The fourth-order valence-electron chi connectivity index (χ4n) is 1.96. The van der Waals surface area contributed by atoms with Crippen LogP contribution in [0.2, 0.25) is 0 Å². The maximum Gasteiger partial charge on any atom is 0.228 e. The zero-order valence-electron chi connectivity index (χ0n) is 9.21. The van der Waals surface area contributed by atoms with Gasteiger partial charge in [-0.25, -0.2) is 0 Å². The molecule has 2 rings (SSSR count). The second-order valence-corrected chi connectivity index (χ2v) is 5.22. The van der Waals surface area contributed by atoms with E-state index in [0.29, 0.717) is 5.57 Å². The van der Waals surface area contributed by atoms with Crippen molar-refractivity contribution in [3.63, 3.8) is 0 Å². The number of nitrogens with zero attached hydrogens (tertiary/aromatic N) is 1. The first kappa shape index (κ1) is 12.5. The average molecular weight is 278 g/mol. The Kier molecular flexibility index (Phi) is 3.32. The standard InChI is InChI=1S/C11H10N4OS2/c12-4-5-7(6-2-1-3-18-6)8(10(14)16)11(17)15-9(5)13/h1-3,7-8H,13H2,(H2,14,16)(H,15,17)/t7-,8+/m1/s1. The molecule has 0 radical (unpaired) electrons. The SMILES string of the molecule is N#CC1=C(N)NC(=S)[C@H](C(N)=O)[C@H]1c1cccs1. The van der Waals surface area contributed by atoms with Crippen molar-refractivity contribution in [3.05, 3.63) is 33.8 Å². The highest BCUT2D eigenvalue weighted by Crippen LogP contribution is 2.38. The molecule has 1 aliphatic heterocycles. The minimum Gasteiger partial charge on any atom is -0.384 e. The highest BCUT2D eigenvalue weighted by atomic mass is 32.1. The number of hydrogen-bond donors (Lipinski definition) is 3. The Morgan fingerprint density at radius 2 is 2.33 bits per heavy atom. The largest absolute Gasteiger partial charge is 0.384 e. The molecule has 1 aromatic rings. The molecule has 0 bridgehead atoms. The van der Waals surface area contributed by atoms with Crippen LogP contribution < -0.4 is 16.8 Å². The molecule has 5 nitrogen and oxygen atoms in total. The van der Waals surface area contributed by atoms with Gasteiger partial charge in [-0.2, -0.15) is 5.26 Å². The third-order valence-electron chi connectivity index (χ3n) is 2.75. The van der Waals surface area contributed by atoms with Crippen LogP contribution in [0.3, 0.4) is 0 Å². The van der Waals surface area contributed by atoms with Gasteiger partial charge in [-0.1, -0.05) is 18.3 Å². The van der Waals surface area contributed by atoms with E-state index in [-0.39, 0.29) is 10.8 Å². The summed E-state index contributed by atoms with van der Waals surface area (Å²) in [6.45, 7) is 0. The molecule has 1 aromatic heterocycles. The number of thiophene rings is 1. The van der Waals surface area contributed by atoms with Crippen LogP contribution in [-0.4, -0.2) is 10.9 Å². The molecule has 18 heavy (non-hydrogen) atoms. The molecule has 0 saturated heterocycles. The zero-order chi connectivity index (χ0) is 13.3. The predicted octanol–water partition coefficient (Wildman–Crippen LogP) is 0.558. The van der Waals surface area contributed by atoms with Gasteiger partial charge in [-0.3, -0.25) is 4.79 Å². The molecule has 0 fully saturated rings. The van der Waals surface area contributed by atoms with Gasteiger partial charge in [0, 0.05) is 4.88 Å². The van der Waals surface area contributed by atoms with Gasteiger partial charge in [0.05, 0.1) is 22.5 Å². The lowest BCUT2D eigenvalue weighted by Gasteiger charge is -2.30. The first-order valence-electron chi connectivity index (χ1n) is 5.09. The average Bonchev–Trinajstić information content (AvgIpc) is 2.80. The van der Waals surface area contributed by atoms with Crippen molar-refractivity contribution in [3.8, 4) is 6.07 Å². The van der Waals surface area contributed by atoms with Gasteiger partial charge in [-0.05, 0) is 11.4 Å². The van der Waals surface area contributed by atoms with Gasteiger partial charge in [0.25, 0.3) is 0 Å². The zero-order valence-corrected chi connectivity index (χ0v) is 10.8. The van der Waals surface area contributed by atoms with Crippen LogP contribution in [0.1, 0.15) is 10.8 Å². The maximum absolute atomic E-state index is 11.6. The van der Waals surface area contributed by atoms with Gasteiger partial charge < -0.3 is 16.8 Å². The molecule has 92 valence electrons. The van der Waals surface area contributed by atoms with Crippen molar-refractivity contribution in [2.24, 2.45) is 17.4 Å². The Morgan fingerprint density at radius 1 is 1.61 bits per heavy atom. The molecule has 0 saturated carbocycles. The normalized spacial score (nSPS) is 23.4. The number of thiocarbonyl (C=S) groups is 1. The van der Waals surface area contributed by atoms with Crippen molar-refractivity contribution in [2.45, 2.75) is 5.92 Å². The molecule has 2 atom stereocenters. The van der Waals surface area contributed by atoms with E-state index < -0.39 is 17.7 Å². The third kappa shape index (κ3) is 1.96. The summed E-state index contributed by atoms with van der Waals surface area (Å²) < 4.78 is 0. The quantitative estimate of drug-likeness (QED) is 0.685. The summed E-state index contributed by atoms with van der Waals surface area (Å²) in [6, 6.07) is 5.71. The number of nitriles is 1. The van der Waals surface area contributed by atoms with Crippen LogP contribution in [-0.2, 0) is 4.79 Å². The summed E-state index contributed by atoms with van der Waals surface area (Å²) in [6.07, 6.45) is 0. The molecule has 7 heteroatoms. The van der Waals surface area contributed by atoms with E-state index in [1.807, 2.05) is 23.6 Å². The second-order valence-electron chi connectivity index (χ2n) is 3.80. The summed E-state index contributed by atoms with van der Waals surface area (Å²) in [5.74, 6) is -1.59. The van der Waals surface area contributed by atoms with Crippen molar-refractivity contribution in [1.29, 1.82) is 5.26 Å². The van der Waals surface area contributed by atoms with Crippen LogP contribution in [0, 0.1) is 17.2 Å². The van der Waals surface area contributed by atoms with E-state index in [2.05, 4.69) is 5.32 Å². The summed E-state index contributed by atoms with van der Waals surface area (Å²) in [4.78, 5) is 12.7. The number of amides is 1. The van der Waals surface area contributed by atoms with E-state index in [1.165, 1.54) is 11.3 Å². The van der Waals surface area contributed by atoms with Gasteiger partial charge in [0.2, 0.25) is 5.91 Å². The van der Waals surface area contributed by atoms with E-state index >= 15 is 0 Å². The lowest BCUT2D eigenvalue weighted by Crippen LogP contribution is -2.47. The van der Waals surface area contributed by atoms with Crippen LogP contribution in [0.15, 0.2) is 28.9 Å². The van der Waals surface area contributed by atoms with Crippen LogP contribution >= 0.6 is 23.6 Å². The molecular formula is C11H10N4OS2. The molecule has 1 amide bonds. The van der Waals surface area contributed by atoms with Gasteiger partial charge in [0.1, 0.15) is 11.7 Å².